The van der Waals surface area contributed by atoms with E-state index in [1.807, 2.05) is 6.07 Å². The molecule has 6 heteroatoms. The molecule has 0 aliphatic heterocycles. The molecule has 0 fully saturated rings. The molecule has 4 nitrogen and oxygen atoms in total. The largest absolute Gasteiger partial charge is 0.298 e. The number of carbonyl (C=O) groups is 1. The van der Waals surface area contributed by atoms with Crippen molar-refractivity contribution in [3.63, 3.8) is 0 Å². The molecule has 102 valence electrons. The molecule has 0 bridgehead atoms. The second kappa shape index (κ2) is 6.54. The van der Waals surface area contributed by atoms with Crippen LogP contribution in [0.15, 0.2) is 47.4 Å². The van der Waals surface area contributed by atoms with Gasteiger partial charge in [0.25, 0.3) is 5.69 Å². The summed E-state index contributed by atoms with van der Waals surface area (Å²) in [5.74, 6) is 0.416. The number of hydrogen-bond acceptors (Lipinski definition) is 4. The maximum atomic E-state index is 11.0. The van der Waals surface area contributed by atoms with Crippen LogP contribution in [0.4, 0.5) is 5.69 Å². The molecule has 0 heterocycles. The number of thioether (sulfide) groups is 1. The average Bonchev–Trinajstić information content (AvgIpc) is 2.45. The van der Waals surface area contributed by atoms with Gasteiger partial charge in [0.2, 0.25) is 0 Å². The predicted octanol–water partition coefficient (Wildman–Crippen LogP) is 4.35. The third-order valence-corrected chi connectivity index (χ3v) is 3.90. The Balaban J connectivity index is 2.19. The molecule has 0 amide bonds. The van der Waals surface area contributed by atoms with Gasteiger partial charge in [-0.2, -0.15) is 0 Å². The lowest BCUT2D eigenvalue weighted by molar-refractivity contribution is -0.385. The van der Waals surface area contributed by atoms with E-state index in [0.717, 1.165) is 11.2 Å². The number of carbonyl (C=O) groups excluding carboxylic acids is 1. The zero-order valence-corrected chi connectivity index (χ0v) is 11.9. The number of rotatable bonds is 5. The third-order valence-electron chi connectivity index (χ3n) is 2.63. The van der Waals surface area contributed by atoms with Crippen molar-refractivity contribution < 1.29 is 9.72 Å². The molecular weight excluding hydrogens is 298 g/mol. The fourth-order valence-electron chi connectivity index (χ4n) is 1.69. The minimum absolute atomic E-state index is 0.0495. The summed E-state index contributed by atoms with van der Waals surface area (Å²) < 4.78 is 0. The molecule has 0 spiro atoms. The van der Waals surface area contributed by atoms with Gasteiger partial charge in [0.1, 0.15) is 6.29 Å². The van der Waals surface area contributed by atoms with Gasteiger partial charge < -0.3 is 0 Å². The summed E-state index contributed by atoms with van der Waals surface area (Å²) in [5, 5.41) is 11.4. The number of nitrogens with zero attached hydrogens (tertiary/aromatic N) is 1. The Morgan fingerprint density at radius 3 is 2.75 bits per heavy atom. The second-order valence-electron chi connectivity index (χ2n) is 4.01. The van der Waals surface area contributed by atoms with Gasteiger partial charge in [0.05, 0.1) is 4.92 Å². The topological polar surface area (TPSA) is 60.2 Å². The van der Waals surface area contributed by atoms with Gasteiger partial charge in [0, 0.05) is 32.9 Å². The molecule has 2 rings (SSSR count). The van der Waals surface area contributed by atoms with Crippen LogP contribution < -0.4 is 0 Å². The predicted molar refractivity (Wildman–Crippen MR) is 79.5 cm³/mol. The zero-order valence-electron chi connectivity index (χ0n) is 10.3. The van der Waals surface area contributed by atoms with Crippen molar-refractivity contribution in [2.75, 3.05) is 0 Å². The van der Waals surface area contributed by atoms with Crippen molar-refractivity contribution in [1.82, 2.24) is 0 Å². The summed E-state index contributed by atoms with van der Waals surface area (Å²) in [6, 6.07) is 11.6. The maximum Gasteiger partial charge on any atom is 0.273 e. The van der Waals surface area contributed by atoms with E-state index in [9.17, 15) is 14.9 Å². The van der Waals surface area contributed by atoms with Gasteiger partial charge >= 0.3 is 0 Å². The molecule has 0 N–H and O–H groups in total. The monoisotopic (exact) mass is 307 g/mol. The Labute approximate surface area is 124 Å². The molecule has 0 saturated heterocycles. The molecular formula is C14H10ClNO3S. The number of nitro benzene ring substituents is 1. The summed E-state index contributed by atoms with van der Waals surface area (Å²) >= 11 is 7.29. The van der Waals surface area contributed by atoms with Crippen LogP contribution in [0.25, 0.3) is 0 Å². The Morgan fingerprint density at radius 1 is 1.25 bits per heavy atom. The Hall–Kier alpha value is -1.85. The first-order chi connectivity index (χ1) is 9.60. The number of benzene rings is 2. The Bertz CT molecular complexity index is 661. The number of hydrogen-bond donors (Lipinski definition) is 0. The zero-order chi connectivity index (χ0) is 14.5. The van der Waals surface area contributed by atoms with Crippen molar-refractivity contribution in [1.29, 1.82) is 0 Å². The molecule has 2 aromatic rings. The fraction of sp³-hybridized carbons (Fsp3) is 0.0714. The smallest absolute Gasteiger partial charge is 0.273 e. The quantitative estimate of drug-likeness (QED) is 0.356. The van der Waals surface area contributed by atoms with Crippen molar-refractivity contribution in [2.24, 2.45) is 0 Å². The van der Waals surface area contributed by atoms with Gasteiger partial charge in [-0.25, -0.2) is 0 Å². The van der Waals surface area contributed by atoms with Gasteiger partial charge in [0.15, 0.2) is 0 Å². The first-order valence-corrected chi connectivity index (χ1v) is 7.07. The number of aldehydes is 1. The molecule has 0 radical (unpaired) electrons. The van der Waals surface area contributed by atoms with Gasteiger partial charge in [-0.3, -0.25) is 14.9 Å². The van der Waals surface area contributed by atoms with E-state index >= 15 is 0 Å². The molecule has 2 aromatic carbocycles. The minimum atomic E-state index is -0.423. The minimum Gasteiger partial charge on any atom is -0.298 e. The highest BCUT2D eigenvalue weighted by Crippen LogP contribution is 2.30. The van der Waals surface area contributed by atoms with Gasteiger partial charge in [-0.05, 0) is 24.3 Å². The average molecular weight is 308 g/mol. The van der Waals surface area contributed by atoms with E-state index in [4.69, 9.17) is 11.6 Å². The Kier molecular flexibility index (Phi) is 4.76. The van der Waals surface area contributed by atoms with Crippen LogP contribution in [-0.4, -0.2) is 11.2 Å². The summed E-state index contributed by atoms with van der Waals surface area (Å²) in [4.78, 5) is 22.1. The van der Waals surface area contributed by atoms with E-state index in [1.54, 1.807) is 24.3 Å². The standard InChI is InChI=1S/C14H10ClNO3S/c15-12-4-5-14(16(18)19)11(7-12)9-20-13-3-1-2-10(6-13)8-17/h1-8H,9H2. The Morgan fingerprint density at radius 2 is 2.05 bits per heavy atom. The van der Waals surface area contributed by atoms with E-state index in [0.29, 0.717) is 21.9 Å². The van der Waals surface area contributed by atoms with Crippen LogP contribution in [0.2, 0.25) is 5.02 Å². The molecule has 0 aromatic heterocycles. The third kappa shape index (κ3) is 3.59. The van der Waals surface area contributed by atoms with Crippen LogP contribution in [0.1, 0.15) is 15.9 Å². The molecule has 0 atom stereocenters. The fourth-order valence-corrected chi connectivity index (χ4v) is 2.83. The maximum absolute atomic E-state index is 11.0. The van der Waals surface area contributed by atoms with Gasteiger partial charge in [-0.15, -0.1) is 11.8 Å². The van der Waals surface area contributed by atoms with E-state index in [1.165, 1.54) is 23.9 Å². The van der Waals surface area contributed by atoms with Crippen molar-refractivity contribution in [3.8, 4) is 0 Å². The highest BCUT2D eigenvalue weighted by Gasteiger charge is 2.14. The van der Waals surface area contributed by atoms with Crippen molar-refractivity contribution in [2.45, 2.75) is 10.6 Å². The summed E-state index contributed by atoms with van der Waals surface area (Å²) in [7, 11) is 0. The van der Waals surface area contributed by atoms with Gasteiger partial charge in [-0.1, -0.05) is 23.7 Å². The van der Waals surface area contributed by atoms with Crippen LogP contribution in [0.5, 0.6) is 0 Å². The number of halogens is 1. The SMILES string of the molecule is O=Cc1cccc(SCc2cc(Cl)ccc2[N+](=O)[O-])c1. The summed E-state index contributed by atoms with van der Waals surface area (Å²) in [5.41, 5.74) is 1.19. The van der Waals surface area contributed by atoms with Crippen LogP contribution in [0.3, 0.4) is 0 Å². The van der Waals surface area contributed by atoms with Crippen molar-refractivity contribution in [3.05, 3.63) is 68.7 Å². The summed E-state index contributed by atoms with van der Waals surface area (Å²) in [6.07, 6.45) is 0.770. The van der Waals surface area contributed by atoms with E-state index in [2.05, 4.69) is 0 Å². The molecule has 20 heavy (non-hydrogen) atoms. The highest BCUT2D eigenvalue weighted by atomic mass is 35.5. The normalized spacial score (nSPS) is 10.2. The molecule has 0 aliphatic carbocycles. The molecule has 0 aliphatic rings. The molecule has 0 unspecified atom stereocenters. The highest BCUT2D eigenvalue weighted by molar-refractivity contribution is 7.98. The number of nitro groups is 1. The van der Waals surface area contributed by atoms with Crippen LogP contribution in [0, 0.1) is 10.1 Å². The van der Waals surface area contributed by atoms with E-state index in [-0.39, 0.29) is 5.69 Å². The second-order valence-corrected chi connectivity index (χ2v) is 5.49. The lowest BCUT2D eigenvalue weighted by Gasteiger charge is -2.04. The lowest BCUT2D eigenvalue weighted by atomic mass is 10.2. The van der Waals surface area contributed by atoms with Crippen molar-refractivity contribution >= 4 is 35.3 Å². The molecule has 0 saturated carbocycles. The lowest BCUT2D eigenvalue weighted by Crippen LogP contribution is -1.94. The van der Waals surface area contributed by atoms with Crippen LogP contribution in [-0.2, 0) is 5.75 Å². The summed E-state index contributed by atoms with van der Waals surface area (Å²) in [6.45, 7) is 0. The first-order valence-electron chi connectivity index (χ1n) is 5.71. The van der Waals surface area contributed by atoms with Crippen LogP contribution >= 0.6 is 23.4 Å². The first kappa shape index (κ1) is 14.6. The van der Waals surface area contributed by atoms with E-state index < -0.39 is 4.92 Å².